The van der Waals surface area contributed by atoms with Crippen LogP contribution in [0.15, 0.2) is 29.4 Å². The van der Waals surface area contributed by atoms with E-state index in [1.165, 1.54) is 11.8 Å². The molecule has 2 heterocycles. The lowest BCUT2D eigenvalue weighted by atomic mass is 10.0. The lowest BCUT2D eigenvalue weighted by molar-refractivity contribution is -0.122. The van der Waals surface area contributed by atoms with Crippen molar-refractivity contribution >= 4 is 17.7 Å². The number of carbonyl (C=O) groups excluding carboxylic acids is 1. The number of aromatic nitrogens is 4. The molecule has 10 heteroatoms. The van der Waals surface area contributed by atoms with Crippen molar-refractivity contribution in [3.8, 4) is 5.75 Å². The summed E-state index contributed by atoms with van der Waals surface area (Å²) in [4.78, 5) is 12.2. The molecule has 9 nitrogen and oxygen atoms in total. The molecule has 4 N–H and O–H groups in total. The quantitative estimate of drug-likeness (QED) is 0.416. The highest BCUT2D eigenvalue weighted by molar-refractivity contribution is 7.99. The summed E-state index contributed by atoms with van der Waals surface area (Å²) in [7, 11) is 1.78. The first kappa shape index (κ1) is 16.7. The maximum absolute atomic E-state index is 12.2. The molecule has 1 fully saturated rings. The third-order valence-corrected chi connectivity index (χ3v) is 4.74. The number of thioether (sulfide) groups is 1. The van der Waals surface area contributed by atoms with Gasteiger partial charge in [0.25, 0.3) is 0 Å². The fourth-order valence-corrected chi connectivity index (χ4v) is 3.14. The smallest absolute Gasteiger partial charge is 0.238 e. The second-order valence-corrected chi connectivity index (χ2v) is 6.51. The zero-order valence-electron chi connectivity index (χ0n) is 13.1. The number of carbonyl (C=O) groups is 1. The minimum absolute atomic E-state index is 0.0412. The van der Waals surface area contributed by atoms with E-state index in [-0.39, 0.29) is 23.7 Å². The zero-order chi connectivity index (χ0) is 16.9. The topological polar surface area (TPSA) is 117 Å². The molecule has 0 radical (unpaired) electrons. The van der Waals surface area contributed by atoms with Crippen LogP contribution >= 0.6 is 11.8 Å². The van der Waals surface area contributed by atoms with Gasteiger partial charge in [0.1, 0.15) is 11.8 Å². The van der Waals surface area contributed by atoms with E-state index in [4.69, 9.17) is 0 Å². The van der Waals surface area contributed by atoms with Crippen molar-refractivity contribution in [3.05, 3.63) is 29.8 Å². The third kappa shape index (κ3) is 4.02. The SMILES string of the molecule is Cn1nnnc1SCCNC(=O)C1CC(c2ccc(O)cc2)NN1. The number of aromatic hydroxyl groups is 1. The Hall–Kier alpha value is -2.17. The number of hydrogen-bond acceptors (Lipinski definition) is 8. The van der Waals surface area contributed by atoms with Gasteiger partial charge in [0.05, 0.1) is 0 Å². The average molecular weight is 349 g/mol. The molecule has 0 aliphatic carbocycles. The Balaban J connectivity index is 1.41. The van der Waals surface area contributed by atoms with E-state index >= 15 is 0 Å². The van der Waals surface area contributed by atoms with Gasteiger partial charge in [-0.2, -0.15) is 0 Å². The molecule has 2 aromatic rings. The summed E-state index contributed by atoms with van der Waals surface area (Å²) < 4.78 is 1.59. The molecule has 0 spiro atoms. The van der Waals surface area contributed by atoms with Gasteiger partial charge in [0, 0.05) is 25.4 Å². The Morgan fingerprint density at radius 3 is 2.92 bits per heavy atom. The van der Waals surface area contributed by atoms with E-state index in [9.17, 15) is 9.90 Å². The normalized spacial score (nSPS) is 20.2. The Labute approximate surface area is 143 Å². The molecule has 1 aliphatic rings. The molecule has 128 valence electrons. The van der Waals surface area contributed by atoms with E-state index in [0.717, 1.165) is 10.7 Å². The predicted octanol–water partition coefficient (Wildman–Crippen LogP) is -0.268. The van der Waals surface area contributed by atoms with Crippen LogP contribution in [0.2, 0.25) is 0 Å². The van der Waals surface area contributed by atoms with E-state index in [0.29, 0.717) is 18.7 Å². The van der Waals surface area contributed by atoms with Gasteiger partial charge < -0.3 is 10.4 Å². The number of nitrogens with one attached hydrogen (secondary N) is 3. The second kappa shape index (κ2) is 7.60. The molecular formula is C14H19N7O2S. The lowest BCUT2D eigenvalue weighted by Crippen LogP contribution is -2.43. The highest BCUT2D eigenvalue weighted by Crippen LogP contribution is 2.23. The summed E-state index contributed by atoms with van der Waals surface area (Å²) in [6.45, 7) is 0.540. The van der Waals surface area contributed by atoms with E-state index in [1.54, 1.807) is 23.9 Å². The highest BCUT2D eigenvalue weighted by Gasteiger charge is 2.29. The Morgan fingerprint density at radius 1 is 1.42 bits per heavy atom. The van der Waals surface area contributed by atoms with E-state index in [1.807, 2.05) is 12.1 Å². The van der Waals surface area contributed by atoms with Crippen LogP contribution in [0.5, 0.6) is 5.75 Å². The monoisotopic (exact) mass is 349 g/mol. The Kier molecular flexibility index (Phi) is 5.28. The number of hydrazine groups is 1. The number of phenols is 1. The van der Waals surface area contributed by atoms with Crippen molar-refractivity contribution in [1.82, 2.24) is 36.4 Å². The molecule has 1 aromatic heterocycles. The second-order valence-electron chi connectivity index (χ2n) is 5.45. The van der Waals surface area contributed by atoms with E-state index in [2.05, 4.69) is 31.7 Å². The van der Waals surface area contributed by atoms with Crippen LogP contribution < -0.4 is 16.2 Å². The number of amides is 1. The molecule has 0 saturated carbocycles. The summed E-state index contributed by atoms with van der Waals surface area (Å²) in [5.74, 6) is 0.886. The highest BCUT2D eigenvalue weighted by atomic mass is 32.2. The number of aryl methyl sites for hydroxylation is 1. The maximum atomic E-state index is 12.2. The van der Waals surface area contributed by atoms with Crippen LogP contribution in [0.25, 0.3) is 0 Å². The number of phenolic OH excluding ortho intramolecular Hbond substituents is 1. The zero-order valence-corrected chi connectivity index (χ0v) is 14.0. The molecular weight excluding hydrogens is 330 g/mol. The standard InChI is InChI=1S/C14H19N7O2S/c1-21-14(18-19-20-21)24-7-6-15-13(23)12-8-11(16-17-12)9-2-4-10(22)5-3-9/h2-5,11-12,16-17,22H,6-8H2,1H3,(H,15,23). The molecule has 1 saturated heterocycles. The van der Waals surface area contributed by atoms with Crippen molar-refractivity contribution in [3.63, 3.8) is 0 Å². The minimum atomic E-state index is -0.287. The van der Waals surface area contributed by atoms with Gasteiger partial charge in [-0.25, -0.2) is 15.5 Å². The largest absolute Gasteiger partial charge is 0.508 e. The molecule has 24 heavy (non-hydrogen) atoms. The maximum Gasteiger partial charge on any atom is 0.238 e. The van der Waals surface area contributed by atoms with Gasteiger partial charge >= 0.3 is 0 Å². The number of tetrazole rings is 1. The van der Waals surface area contributed by atoms with Crippen LogP contribution in [-0.4, -0.2) is 49.6 Å². The van der Waals surface area contributed by atoms with E-state index < -0.39 is 0 Å². The predicted molar refractivity (Wildman–Crippen MR) is 88.1 cm³/mol. The van der Waals surface area contributed by atoms with Crippen LogP contribution in [0.4, 0.5) is 0 Å². The first-order chi connectivity index (χ1) is 11.6. The van der Waals surface area contributed by atoms with Gasteiger partial charge in [-0.15, -0.1) is 5.10 Å². The molecule has 1 aromatic carbocycles. The summed E-state index contributed by atoms with van der Waals surface area (Å²) in [6, 6.07) is 6.73. The summed E-state index contributed by atoms with van der Waals surface area (Å²) in [5.41, 5.74) is 7.16. The van der Waals surface area contributed by atoms with Crippen LogP contribution in [0.1, 0.15) is 18.0 Å². The summed E-state index contributed by atoms with van der Waals surface area (Å²) in [6.07, 6.45) is 0.650. The Morgan fingerprint density at radius 2 is 2.21 bits per heavy atom. The van der Waals surface area contributed by atoms with Gasteiger partial charge in [-0.1, -0.05) is 23.9 Å². The van der Waals surface area contributed by atoms with Gasteiger partial charge in [-0.05, 0) is 34.5 Å². The number of benzene rings is 1. The molecule has 1 aliphatic heterocycles. The van der Waals surface area contributed by atoms with Gasteiger partial charge in [0.15, 0.2) is 0 Å². The molecule has 3 rings (SSSR count). The average Bonchev–Trinajstić information content (AvgIpc) is 3.22. The summed E-state index contributed by atoms with van der Waals surface area (Å²) in [5, 5.41) is 24.1. The third-order valence-electron chi connectivity index (χ3n) is 3.73. The fraction of sp³-hybridized carbons (Fsp3) is 0.429. The van der Waals surface area contributed by atoms with Crippen LogP contribution in [0, 0.1) is 0 Å². The molecule has 2 unspecified atom stereocenters. The van der Waals surface area contributed by atoms with Crippen molar-refractivity contribution in [1.29, 1.82) is 0 Å². The van der Waals surface area contributed by atoms with Gasteiger partial charge in [-0.3, -0.25) is 4.79 Å². The Bertz CT molecular complexity index is 691. The number of hydrogen-bond donors (Lipinski definition) is 4. The number of rotatable bonds is 6. The van der Waals surface area contributed by atoms with Crippen LogP contribution in [0.3, 0.4) is 0 Å². The molecule has 1 amide bonds. The molecule has 2 atom stereocenters. The lowest BCUT2D eigenvalue weighted by Gasteiger charge is -2.10. The van der Waals surface area contributed by atoms with Crippen molar-refractivity contribution in [2.75, 3.05) is 12.3 Å². The van der Waals surface area contributed by atoms with Crippen molar-refractivity contribution < 1.29 is 9.90 Å². The first-order valence-corrected chi connectivity index (χ1v) is 8.55. The number of nitrogens with zero attached hydrogens (tertiary/aromatic N) is 4. The van der Waals surface area contributed by atoms with Crippen molar-refractivity contribution in [2.45, 2.75) is 23.7 Å². The minimum Gasteiger partial charge on any atom is -0.508 e. The molecule has 0 bridgehead atoms. The summed E-state index contributed by atoms with van der Waals surface area (Å²) >= 11 is 1.49. The first-order valence-electron chi connectivity index (χ1n) is 7.56. The van der Waals surface area contributed by atoms with Gasteiger partial charge in [0.2, 0.25) is 11.1 Å². The fourth-order valence-electron chi connectivity index (χ4n) is 2.44. The van der Waals surface area contributed by atoms with Crippen molar-refractivity contribution in [2.24, 2.45) is 7.05 Å². The van der Waals surface area contributed by atoms with Crippen LogP contribution in [-0.2, 0) is 11.8 Å².